The molecule has 0 bridgehead atoms. The first-order valence-electron chi connectivity index (χ1n) is 10.3. The van der Waals surface area contributed by atoms with Crippen LogP contribution in [0.5, 0.6) is 0 Å². The number of ketones is 1. The Bertz CT molecular complexity index is 440. The molecule has 1 aliphatic heterocycles. The normalized spacial score (nSPS) is 25.1. The van der Waals surface area contributed by atoms with Crippen molar-refractivity contribution in [3.8, 4) is 0 Å². The zero-order chi connectivity index (χ0) is 18.8. The minimum absolute atomic E-state index is 0.0238. The molecule has 5 nitrogen and oxygen atoms in total. The van der Waals surface area contributed by atoms with Crippen molar-refractivity contribution in [2.45, 2.75) is 77.1 Å². The second-order valence-electron chi connectivity index (χ2n) is 7.78. The van der Waals surface area contributed by atoms with Crippen LogP contribution in [0.2, 0.25) is 0 Å². The van der Waals surface area contributed by atoms with Crippen molar-refractivity contribution in [1.29, 1.82) is 0 Å². The average Bonchev–Trinajstić information content (AvgIpc) is 3.23. The van der Waals surface area contributed by atoms with Crippen LogP contribution in [0.15, 0.2) is 12.2 Å². The second-order valence-corrected chi connectivity index (χ2v) is 7.78. The first-order valence-corrected chi connectivity index (χ1v) is 10.3. The quantitative estimate of drug-likeness (QED) is 0.421. The summed E-state index contributed by atoms with van der Waals surface area (Å²) in [5, 5.41) is 8.86. The lowest BCUT2D eigenvalue weighted by Gasteiger charge is -2.31. The number of aliphatic hydroxyl groups is 1. The van der Waals surface area contributed by atoms with E-state index in [1.807, 2.05) is 13.8 Å². The third-order valence-electron chi connectivity index (χ3n) is 5.45. The van der Waals surface area contributed by atoms with E-state index in [1.165, 1.54) is 6.42 Å². The third kappa shape index (κ3) is 6.45. The first-order chi connectivity index (χ1) is 12.6. The molecule has 2 rings (SSSR count). The van der Waals surface area contributed by atoms with Crippen LogP contribution in [0.3, 0.4) is 0 Å². The van der Waals surface area contributed by atoms with Gasteiger partial charge in [0.2, 0.25) is 0 Å². The van der Waals surface area contributed by atoms with Crippen LogP contribution in [0.4, 0.5) is 0 Å². The fourth-order valence-corrected chi connectivity index (χ4v) is 4.11. The summed E-state index contributed by atoms with van der Waals surface area (Å²) in [5.41, 5.74) is 0. The van der Waals surface area contributed by atoms with E-state index < -0.39 is 5.79 Å². The topological polar surface area (TPSA) is 65.0 Å². The van der Waals surface area contributed by atoms with E-state index in [1.54, 1.807) is 6.08 Å². The highest BCUT2D eigenvalue weighted by Gasteiger charge is 2.51. The smallest absolute Gasteiger partial charge is 0.180 e. The molecule has 1 aliphatic carbocycles. The molecular weight excluding hydrogens is 332 g/mol. The number of carbonyl (C=O) groups is 1. The van der Waals surface area contributed by atoms with Gasteiger partial charge in [-0.15, -0.1) is 0 Å². The van der Waals surface area contributed by atoms with E-state index in [0.29, 0.717) is 25.0 Å². The van der Waals surface area contributed by atoms with Crippen molar-refractivity contribution in [1.82, 2.24) is 0 Å². The van der Waals surface area contributed by atoms with Gasteiger partial charge in [-0.1, -0.05) is 31.8 Å². The number of aliphatic hydroxyl groups excluding tert-OH is 1. The molecule has 150 valence electrons. The highest BCUT2D eigenvalue weighted by Crippen LogP contribution is 2.48. The lowest BCUT2D eigenvalue weighted by atomic mass is 9.87. The van der Waals surface area contributed by atoms with Crippen molar-refractivity contribution < 1.29 is 24.1 Å². The van der Waals surface area contributed by atoms with Crippen molar-refractivity contribution in [3.05, 3.63) is 12.2 Å². The van der Waals surface area contributed by atoms with Crippen LogP contribution in [0.25, 0.3) is 0 Å². The second kappa shape index (κ2) is 11.2. The zero-order valence-electron chi connectivity index (χ0n) is 16.5. The number of hydrogen-bond donors (Lipinski definition) is 1. The van der Waals surface area contributed by atoms with E-state index >= 15 is 0 Å². The Morgan fingerprint density at radius 2 is 1.88 bits per heavy atom. The lowest BCUT2D eigenvalue weighted by molar-refractivity contribution is -0.186. The fourth-order valence-electron chi connectivity index (χ4n) is 4.11. The molecule has 0 aromatic carbocycles. The summed E-state index contributed by atoms with van der Waals surface area (Å²) < 4.78 is 17.4. The van der Waals surface area contributed by atoms with Gasteiger partial charge in [0.25, 0.3) is 0 Å². The lowest BCUT2D eigenvalue weighted by Crippen LogP contribution is -2.36. The molecule has 1 N–H and O–H groups in total. The summed E-state index contributed by atoms with van der Waals surface area (Å²) in [4.78, 5) is 12.0. The molecule has 1 saturated carbocycles. The molecule has 0 aromatic heterocycles. The molecule has 2 aliphatic rings. The van der Waals surface area contributed by atoms with Crippen LogP contribution in [0.1, 0.15) is 65.2 Å². The van der Waals surface area contributed by atoms with E-state index in [-0.39, 0.29) is 25.1 Å². The third-order valence-corrected chi connectivity index (χ3v) is 5.45. The highest BCUT2D eigenvalue weighted by molar-refractivity contribution is 5.90. The van der Waals surface area contributed by atoms with Gasteiger partial charge in [0.1, 0.15) is 6.61 Å². The van der Waals surface area contributed by atoms with Gasteiger partial charge in [0, 0.05) is 18.9 Å². The van der Waals surface area contributed by atoms with Crippen LogP contribution < -0.4 is 0 Å². The summed E-state index contributed by atoms with van der Waals surface area (Å²) in [6.45, 7) is 5.64. The van der Waals surface area contributed by atoms with Gasteiger partial charge in [0.15, 0.2) is 11.6 Å². The molecule has 2 fully saturated rings. The van der Waals surface area contributed by atoms with Crippen molar-refractivity contribution in [3.63, 3.8) is 0 Å². The van der Waals surface area contributed by atoms with Crippen LogP contribution >= 0.6 is 0 Å². The molecular formula is C21H36O5. The number of rotatable bonds is 12. The van der Waals surface area contributed by atoms with E-state index in [4.69, 9.17) is 19.3 Å². The Morgan fingerprint density at radius 1 is 1.19 bits per heavy atom. The van der Waals surface area contributed by atoms with Crippen LogP contribution in [-0.4, -0.2) is 49.2 Å². The molecule has 2 unspecified atom stereocenters. The molecule has 5 heteroatoms. The first kappa shape index (κ1) is 21.5. The summed E-state index contributed by atoms with van der Waals surface area (Å²) in [7, 11) is 0. The standard InChI is InChI=1S/C21H36O5/c1-17(2)24-16-19(23)10-9-18-11-12-21(25-14-15-26-21)20(18)8-6-4-3-5-7-13-22/h9-10,17-18,20,22H,3-8,11-16H2,1-2H3. The van der Waals surface area contributed by atoms with Crippen LogP contribution in [0, 0.1) is 11.8 Å². The van der Waals surface area contributed by atoms with Gasteiger partial charge in [-0.25, -0.2) is 0 Å². The molecule has 26 heavy (non-hydrogen) atoms. The van der Waals surface area contributed by atoms with Gasteiger partial charge in [-0.2, -0.15) is 0 Å². The van der Waals surface area contributed by atoms with E-state index in [0.717, 1.165) is 44.9 Å². The van der Waals surface area contributed by atoms with Gasteiger partial charge in [0.05, 0.1) is 19.3 Å². The summed E-state index contributed by atoms with van der Waals surface area (Å²) >= 11 is 0. The fraction of sp³-hybridized carbons (Fsp3) is 0.857. The minimum Gasteiger partial charge on any atom is -0.396 e. The summed E-state index contributed by atoms with van der Waals surface area (Å²) in [6, 6.07) is 0. The van der Waals surface area contributed by atoms with Gasteiger partial charge in [-0.05, 0) is 45.1 Å². The van der Waals surface area contributed by atoms with Crippen molar-refractivity contribution >= 4 is 5.78 Å². The Hall–Kier alpha value is -0.750. The molecule has 2 atom stereocenters. The Balaban J connectivity index is 1.86. The SMILES string of the molecule is CC(C)OCC(=O)C=CC1CCC2(OCCO2)C1CCCCCCCO. The number of hydrogen-bond acceptors (Lipinski definition) is 5. The summed E-state index contributed by atoms with van der Waals surface area (Å²) in [5.74, 6) is 0.236. The molecule has 0 radical (unpaired) electrons. The molecule has 0 amide bonds. The van der Waals surface area contributed by atoms with Gasteiger partial charge >= 0.3 is 0 Å². The van der Waals surface area contributed by atoms with Crippen molar-refractivity contribution in [2.75, 3.05) is 26.4 Å². The van der Waals surface area contributed by atoms with E-state index in [9.17, 15) is 4.79 Å². The zero-order valence-corrected chi connectivity index (χ0v) is 16.5. The predicted molar refractivity (Wildman–Crippen MR) is 101 cm³/mol. The summed E-state index contributed by atoms with van der Waals surface area (Å²) in [6.07, 6.45) is 12.2. The van der Waals surface area contributed by atoms with Crippen molar-refractivity contribution in [2.24, 2.45) is 11.8 Å². The maximum Gasteiger partial charge on any atom is 0.180 e. The van der Waals surface area contributed by atoms with Crippen LogP contribution in [-0.2, 0) is 19.0 Å². The number of carbonyl (C=O) groups excluding carboxylic acids is 1. The molecule has 1 saturated heterocycles. The largest absolute Gasteiger partial charge is 0.396 e. The molecule has 1 spiro atoms. The average molecular weight is 369 g/mol. The Labute approximate surface area is 158 Å². The van der Waals surface area contributed by atoms with Gasteiger partial charge < -0.3 is 19.3 Å². The van der Waals surface area contributed by atoms with Gasteiger partial charge in [-0.3, -0.25) is 4.79 Å². The highest BCUT2D eigenvalue weighted by atomic mass is 16.7. The minimum atomic E-state index is -0.433. The number of ether oxygens (including phenoxy) is 3. The predicted octanol–water partition coefficient (Wildman–Crippen LogP) is 3.64. The maximum atomic E-state index is 12.0. The maximum absolute atomic E-state index is 12.0. The monoisotopic (exact) mass is 368 g/mol. The van der Waals surface area contributed by atoms with E-state index in [2.05, 4.69) is 6.08 Å². The molecule has 1 heterocycles. The number of unbranched alkanes of at least 4 members (excludes halogenated alkanes) is 4. The number of allylic oxidation sites excluding steroid dienone is 1. The Morgan fingerprint density at radius 3 is 2.58 bits per heavy atom. The Kier molecular flexibility index (Phi) is 9.26. The molecule has 0 aromatic rings.